The summed E-state index contributed by atoms with van der Waals surface area (Å²) in [6, 6.07) is 11.6. The van der Waals surface area contributed by atoms with Crippen molar-refractivity contribution in [3.63, 3.8) is 0 Å². The fourth-order valence-corrected chi connectivity index (χ4v) is 2.49. The highest BCUT2D eigenvalue weighted by atomic mass is 35.5. The van der Waals surface area contributed by atoms with Crippen molar-refractivity contribution in [2.45, 2.75) is 13.8 Å². The van der Waals surface area contributed by atoms with Crippen LogP contribution in [0.3, 0.4) is 0 Å². The topological polar surface area (TPSA) is 59.3 Å². The normalized spacial score (nSPS) is 10.7. The summed E-state index contributed by atoms with van der Waals surface area (Å²) in [4.78, 5) is 24.6. The zero-order chi connectivity index (χ0) is 16.6. The summed E-state index contributed by atoms with van der Waals surface area (Å²) >= 11 is 6.02. The van der Waals surface area contributed by atoms with E-state index in [1.165, 1.54) is 6.07 Å². The van der Waals surface area contributed by atoms with Crippen molar-refractivity contribution in [3.8, 4) is 0 Å². The Morgan fingerprint density at radius 3 is 2.61 bits per heavy atom. The van der Waals surface area contributed by atoms with Crippen LogP contribution in [0.25, 0.3) is 11.0 Å². The van der Waals surface area contributed by atoms with Gasteiger partial charge in [0.25, 0.3) is 5.91 Å². The molecule has 4 nitrogen and oxygen atoms in total. The summed E-state index contributed by atoms with van der Waals surface area (Å²) in [6.07, 6.45) is 0. The minimum Gasteiger partial charge on any atom is -0.450 e. The van der Waals surface area contributed by atoms with Gasteiger partial charge in [-0.05, 0) is 43.2 Å². The van der Waals surface area contributed by atoms with Gasteiger partial charge in [-0.25, -0.2) is 0 Å². The fourth-order valence-electron chi connectivity index (χ4n) is 2.31. The van der Waals surface area contributed by atoms with Crippen molar-refractivity contribution < 1.29 is 9.21 Å². The second-order valence-electron chi connectivity index (χ2n) is 5.29. The number of halogens is 1. The molecular formula is C18H14ClNO3. The van der Waals surface area contributed by atoms with Crippen LogP contribution in [-0.2, 0) is 0 Å². The largest absolute Gasteiger partial charge is 0.450 e. The van der Waals surface area contributed by atoms with E-state index in [0.29, 0.717) is 21.7 Å². The van der Waals surface area contributed by atoms with E-state index in [9.17, 15) is 9.59 Å². The van der Waals surface area contributed by atoms with Gasteiger partial charge in [0.15, 0.2) is 11.2 Å². The molecule has 23 heavy (non-hydrogen) atoms. The number of nitrogens with one attached hydrogen (secondary N) is 1. The van der Waals surface area contributed by atoms with Gasteiger partial charge in [-0.15, -0.1) is 0 Å². The maximum Gasteiger partial charge on any atom is 0.291 e. The van der Waals surface area contributed by atoms with E-state index in [1.807, 2.05) is 19.9 Å². The zero-order valence-corrected chi connectivity index (χ0v) is 13.4. The van der Waals surface area contributed by atoms with Crippen molar-refractivity contribution in [1.29, 1.82) is 0 Å². The predicted octanol–water partition coefficient (Wildman–Crippen LogP) is 4.32. The van der Waals surface area contributed by atoms with E-state index in [-0.39, 0.29) is 11.2 Å². The molecule has 1 N–H and O–H groups in total. The van der Waals surface area contributed by atoms with Crippen molar-refractivity contribution in [2.24, 2.45) is 0 Å². The molecule has 3 aromatic rings. The lowest BCUT2D eigenvalue weighted by Crippen LogP contribution is -2.15. The van der Waals surface area contributed by atoms with Crippen LogP contribution in [0.5, 0.6) is 0 Å². The number of rotatable bonds is 2. The molecule has 0 aliphatic heterocycles. The Kier molecular flexibility index (Phi) is 3.92. The van der Waals surface area contributed by atoms with Crippen molar-refractivity contribution >= 4 is 34.2 Å². The molecule has 0 spiro atoms. The molecule has 0 unspecified atom stereocenters. The first-order valence-corrected chi connectivity index (χ1v) is 7.45. The fraction of sp³-hybridized carbons (Fsp3) is 0.111. The average Bonchev–Trinajstić information content (AvgIpc) is 2.53. The molecule has 0 aliphatic rings. The molecule has 2 aromatic carbocycles. The minimum absolute atomic E-state index is 0.0453. The number of hydrogen-bond donors (Lipinski definition) is 1. The Balaban J connectivity index is 2.06. The van der Waals surface area contributed by atoms with Crippen molar-refractivity contribution in [2.75, 3.05) is 5.32 Å². The number of fused-ring (bicyclic) bond motifs is 1. The van der Waals surface area contributed by atoms with Crippen LogP contribution in [-0.4, -0.2) is 5.91 Å². The molecular weight excluding hydrogens is 314 g/mol. The highest BCUT2D eigenvalue weighted by molar-refractivity contribution is 6.33. The Hall–Kier alpha value is -2.59. The lowest BCUT2D eigenvalue weighted by Gasteiger charge is -2.08. The van der Waals surface area contributed by atoms with Gasteiger partial charge in [-0.1, -0.05) is 29.8 Å². The minimum atomic E-state index is -0.516. The van der Waals surface area contributed by atoms with Crippen LogP contribution in [0.15, 0.2) is 51.7 Å². The summed E-state index contributed by atoms with van der Waals surface area (Å²) in [5.74, 6) is -0.561. The van der Waals surface area contributed by atoms with Gasteiger partial charge in [0.05, 0.1) is 16.1 Å². The Labute approximate surface area is 137 Å². The van der Waals surface area contributed by atoms with E-state index in [2.05, 4.69) is 5.32 Å². The van der Waals surface area contributed by atoms with Crippen molar-refractivity contribution in [1.82, 2.24) is 0 Å². The predicted molar refractivity (Wildman–Crippen MR) is 91.4 cm³/mol. The third-order valence-corrected chi connectivity index (χ3v) is 4.09. The van der Waals surface area contributed by atoms with Gasteiger partial charge in [0.2, 0.25) is 0 Å². The molecule has 0 fully saturated rings. The third-order valence-electron chi connectivity index (χ3n) is 3.76. The summed E-state index contributed by atoms with van der Waals surface area (Å²) < 4.78 is 5.67. The second kappa shape index (κ2) is 5.89. The maximum absolute atomic E-state index is 12.4. The average molecular weight is 328 g/mol. The second-order valence-corrected chi connectivity index (χ2v) is 5.70. The van der Waals surface area contributed by atoms with Crippen LogP contribution < -0.4 is 10.7 Å². The van der Waals surface area contributed by atoms with Gasteiger partial charge < -0.3 is 9.73 Å². The number of amides is 1. The number of anilines is 1. The van der Waals surface area contributed by atoms with E-state index in [0.717, 1.165) is 11.1 Å². The van der Waals surface area contributed by atoms with E-state index < -0.39 is 5.91 Å². The highest BCUT2D eigenvalue weighted by Crippen LogP contribution is 2.23. The van der Waals surface area contributed by atoms with Gasteiger partial charge in [0.1, 0.15) is 5.58 Å². The smallest absolute Gasteiger partial charge is 0.291 e. The number of carbonyl (C=O) groups excluding carboxylic acids is 1. The van der Waals surface area contributed by atoms with Crippen LogP contribution in [0.1, 0.15) is 21.7 Å². The highest BCUT2D eigenvalue weighted by Gasteiger charge is 2.15. The Morgan fingerprint density at radius 1 is 1.13 bits per heavy atom. The molecule has 0 atom stereocenters. The first kappa shape index (κ1) is 15.3. The first-order chi connectivity index (χ1) is 11.0. The van der Waals surface area contributed by atoms with E-state index >= 15 is 0 Å². The molecule has 0 aliphatic carbocycles. The monoisotopic (exact) mass is 327 g/mol. The first-order valence-electron chi connectivity index (χ1n) is 7.07. The van der Waals surface area contributed by atoms with Crippen LogP contribution >= 0.6 is 11.6 Å². The zero-order valence-electron chi connectivity index (χ0n) is 12.6. The quantitative estimate of drug-likeness (QED) is 0.762. The molecule has 116 valence electrons. The molecule has 1 heterocycles. The summed E-state index contributed by atoms with van der Waals surface area (Å²) in [7, 11) is 0. The number of para-hydroxylation sites is 1. The molecule has 5 heteroatoms. The molecule has 0 saturated carbocycles. The van der Waals surface area contributed by atoms with Gasteiger partial charge in [0, 0.05) is 6.07 Å². The van der Waals surface area contributed by atoms with E-state index in [4.69, 9.17) is 16.0 Å². The molecule has 0 bridgehead atoms. The third kappa shape index (κ3) is 2.85. The molecule has 0 radical (unpaired) electrons. The van der Waals surface area contributed by atoms with Crippen molar-refractivity contribution in [3.05, 3.63) is 74.6 Å². The van der Waals surface area contributed by atoms with Crippen LogP contribution in [0.2, 0.25) is 5.02 Å². The molecule has 1 aromatic heterocycles. The molecule has 1 amide bonds. The van der Waals surface area contributed by atoms with Gasteiger partial charge in [-0.2, -0.15) is 0 Å². The standard InChI is InChI=1S/C18H14ClNO3/c1-10-7-8-12-15(21)9-16(23-17(12)11(10)2)18(22)20-14-6-4-3-5-13(14)19/h3-9H,1-2H3,(H,20,22). The number of benzene rings is 2. The molecule has 3 rings (SSSR count). The van der Waals surface area contributed by atoms with Gasteiger partial charge in [-0.3, -0.25) is 9.59 Å². The number of hydrogen-bond acceptors (Lipinski definition) is 3. The van der Waals surface area contributed by atoms with Gasteiger partial charge >= 0.3 is 0 Å². The Morgan fingerprint density at radius 2 is 1.87 bits per heavy atom. The summed E-state index contributed by atoms with van der Waals surface area (Å²) in [5, 5.41) is 3.52. The number of aryl methyl sites for hydroxylation is 2. The summed E-state index contributed by atoms with van der Waals surface area (Å²) in [5.41, 5.74) is 2.47. The van der Waals surface area contributed by atoms with Crippen LogP contribution in [0.4, 0.5) is 5.69 Å². The van der Waals surface area contributed by atoms with E-state index in [1.54, 1.807) is 30.3 Å². The maximum atomic E-state index is 12.4. The summed E-state index contributed by atoms with van der Waals surface area (Å²) in [6.45, 7) is 3.78. The SMILES string of the molecule is Cc1ccc2c(=O)cc(C(=O)Nc3ccccc3Cl)oc2c1C. The Bertz CT molecular complexity index is 976. The number of carbonyl (C=O) groups is 1. The lowest BCUT2D eigenvalue weighted by molar-refractivity contribution is 0.0997. The van der Waals surface area contributed by atoms with Crippen LogP contribution in [0, 0.1) is 13.8 Å². The lowest BCUT2D eigenvalue weighted by atomic mass is 10.1. The molecule has 0 saturated heterocycles.